The van der Waals surface area contributed by atoms with Crippen LogP contribution >= 0.6 is 0 Å². The lowest BCUT2D eigenvalue weighted by Crippen LogP contribution is -2.22. The van der Waals surface area contributed by atoms with E-state index in [0.29, 0.717) is 18.0 Å². The van der Waals surface area contributed by atoms with Crippen LogP contribution in [-0.2, 0) is 4.79 Å². The van der Waals surface area contributed by atoms with Gasteiger partial charge in [0.05, 0.1) is 18.8 Å². The van der Waals surface area contributed by atoms with Gasteiger partial charge in [-0.25, -0.2) is 0 Å². The Hall–Kier alpha value is -2.49. The third-order valence-electron chi connectivity index (χ3n) is 3.05. The fourth-order valence-corrected chi connectivity index (χ4v) is 1.99. The largest absolute Gasteiger partial charge is 0.492 e. The first-order valence-corrected chi connectivity index (χ1v) is 7.02. The second-order valence-corrected chi connectivity index (χ2v) is 4.65. The Labute approximate surface area is 125 Å². The van der Waals surface area contributed by atoms with Gasteiger partial charge in [0.2, 0.25) is 5.91 Å². The van der Waals surface area contributed by atoms with Crippen molar-refractivity contribution in [3.8, 4) is 5.75 Å². The van der Waals surface area contributed by atoms with E-state index in [1.807, 2.05) is 62.4 Å². The minimum atomic E-state index is -0.106. The Balaban J connectivity index is 1.95. The van der Waals surface area contributed by atoms with E-state index in [-0.39, 0.29) is 12.5 Å². The maximum absolute atomic E-state index is 12.0. The van der Waals surface area contributed by atoms with Gasteiger partial charge in [-0.1, -0.05) is 30.3 Å². The molecular formula is C17H20N2O2. The van der Waals surface area contributed by atoms with Gasteiger partial charge >= 0.3 is 0 Å². The van der Waals surface area contributed by atoms with Crippen LogP contribution < -0.4 is 15.4 Å². The topological polar surface area (TPSA) is 50.4 Å². The molecule has 2 N–H and O–H groups in total. The van der Waals surface area contributed by atoms with Gasteiger partial charge in [0.15, 0.2) is 0 Å². The number of hydrogen-bond acceptors (Lipinski definition) is 3. The molecule has 0 saturated carbocycles. The van der Waals surface area contributed by atoms with Gasteiger partial charge in [-0.3, -0.25) is 4.79 Å². The summed E-state index contributed by atoms with van der Waals surface area (Å²) in [5.41, 5.74) is 2.77. The van der Waals surface area contributed by atoms with Crippen molar-refractivity contribution in [3.63, 3.8) is 0 Å². The normalized spacial score (nSPS) is 10.0. The molecule has 2 aromatic carbocycles. The van der Waals surface area contributed by atoms with Gasteiger partial charge in [0.25, 0.3) is 0 Å². The van der Waals surface area contributed by atoms with Crippen LogP contribution in [0.3, 0.4) is 0 Å². The molecule has 0 aliphatic rings. The highest BCUT2D eigenvalue weighted by Crippen LogP contribution is 2.23. The minimum Gasteiger partial charge on any atom is -0.492 e. The van der Waals surface area contributed by atoms with Crippen molar-refractivity contribution in [2.45, 2.75) is 13.8 Å². The van der Waals surface area contributed by atoms with Crippen LogP contribution in [0.4, 0.5) is 11.4 Å². The lowest BCUT2D eigenvalue weighted by Gasteiger charge is -2.12. The standard InChI is InChI=1S/C17H20N2O2/c1-3-21-16-11-7-6-10-15(16)19-17(20)12-18-14-9-5-4-8-13(14)2/h4-11,18H,3,12H2,1-2H3,(H,19,20). The molecule has 0 heterocycles. The van der Waals surface area contributed by atoms with Crippen molar-refractivity contribution in [1.29, 1.82) is 0 Å². The summed E-state index contributed by atoms with van der Waals surface area (Å²) in [5, 5.41) is 5.99. The van der Waals surface area contributed by atoms with Crippen LogP contribution in [-0.4, -0.2) is 19.1 Å². The summed E-state index contributed by atoms with van der Waals surface area (Å²) in [6.45, 7) is 4.70. The third kappa shape index (κ3) is 4.24. The number of amides is 1. The van der Waals surface area contributed by atoms with Crippen molar-refractivity contribution in [2.75, 3.05) is 23.8 Å². The van der Waals surface area contributed by atoms with E-state index in [1.165, 1.54) is 0 Å². The molecule has 110 valence electrons. The molecule has 0 spiro atoms. The van der Waals surface area contributed by atoms with Gasteiger partial charge in [0, 0.05) is 5.69 Å². The van der Waals surface area contributed by atoms with Crippen LogP contribution in [0, 0.1) is 6.92 Å². The zero-order valence-corrected chi connectivity index (χ0v) is 12.3. The number of carbonyl (C=O) groups is 1. The number of carbonyl (C=O) groups excluding carboxylic acids is 1. The summed E-state index contributed by atoms with van der Waals surface area (Å²) < 4.78 is 5.48. The number of para-hydroxylation sites is 3. The second kappa shape index (κ2) is 7.33. The molecule has 0 aromatic heterocycles. The molecule has 4 heteroatoms. The monoisotopic (exact) mass is 284 g/mol. The third-order valence-corrected chi connectivity index (χ3v) is 3.05. The Morgan fingerprint density at radius 1 is 1.05 bits per heavy atom. The summed E-state index contributed by atoms with van der Waals surface area (Å²) in [6.07, 6.45) is 0. The lowest BCUT2D eigenvalue weighted by molar-refractivity contribution is -0.114. The van der Waals surface area contributed by atoms with Crippen LogP contribution in [0.2, 0.25) is 0 Å². The predicted octanol–water partition coefficient (Wildman–Crippen LogP) is 3.44. The average molecular weight is 284 g/mol. The molecule has 2 aromatic rings. The van der Waals surface area contributed by atoms with E-state index < -0.39 is 0 Å². The number of ether oxygens (including phenoxy) is 1. The molecule has 0 atom stereocenters. The van der Waals surface area contributed by atoms with Crippen molar-refractivity contribution in [1.82, 2.24) is 0 Å². The first-order valence-electron chi connectivity index (χ1n) is 7.02. The predicted molar refractivity (Wildman–Crippen MR) is 85.9 cm³/mol. The van der Waals surface area contributed by atoms with E-state index in [2.05, 4.69) is 10.6 Å². The van der Waals surface area contributed by atoms with Crippen molar-refractivity contribution >= 4 is 17.3 Å². The van der Waals surface area contributed by atoms with Gasteiger partial charge in [-0.2, -0.15) is 0 Å². The molecule has 0 radical (unpaired) electrons. The Kier molecular flexibility index (Phi) is 5.21. The second-order valence-electron chi connectivity index (χ2n) is 4.65. The van der Waals surface area contributed by atoms with E-state index in [1.54, 1.807) is 0 Å². The maximum Gasteiger partial charge on any atom is 0.243 e. The van der Waals surface area contributed by atoms with Gasteiger partial charge < -0.3 is 15.4 Å². The number of hydrogen-bond donors (Lipinski definition) is 2. The van der Waals surface area contributed by atoms with Crippen molar-refractivity contribution < 1.29 is 9.53 Å². The molecule has 0 aliphatic carbocycles. The Morgan fingerprint density at radius 2 is 1.71 bits per heavy atom. The zero-order chi connectivity index (χ0) is 15.1. The van der Waals surface area contributed by atoms with Crippen molar-refractivity contribution in [3.05, 3.63) is 54.1 Å². The molecule has 1 amide bonds. The molecule has 0 saturated heterocycles. The maximum atomic E-state index is 12.0. The highest BCUT2D eigenvalue weighted by Gasteiger charge is 2.07. The lowest BCUT2D eigenvalue weighted by atomic mass is 10.2. The zero-order valence-electron chi connectivity index (χ0n) is 12.3. The summed E-state index contributed by atoms with van der Waals surface area (Å²) in [4.78, 5) is 12.0. The van der Waals surface area contributed by atoms with Gasteiger partial charge in [0.1, 0.15) is 5.75 Å². The quantitative estimate of drug-likeness (QED) is 0.854. The molecule has 0 unspecified atom stereocenters. The molecule has 4 nitrogen and oxygen atoms in total. The summed E-state index contributed by atoms with van der Waals surface area (Å²) in [6, 6.07) is 15.3. The molecule has 0 aliphatic heterocycles. The SMILES string of the molecule is CCOc1ccccc1NC(=O)CNc1ccccc1C. The number of rotatable bonds is 6. The molecule has 0 fully saturated rings. The summed E-state index contributed by atoms with van der Waals surface area (Å²) in [5.74, 6) is 0.578. The minimum absolute atomic E-state index is 0.106. The number of benzene rings is 2. The molecule has 2 rings (SSSR count). The van der Waals surface area contributed by atoms with Crippen LogP contribution in [0.1, 0.15) is 12.5 Å². The van der Waals surface area contributed by atoms with Crippen molar-refractivity contribution in [2.24, 2.45) is 0 Å². The van der Waals surface area contributed by atoms with Gasteiger partial charge in [-0.15, -0.1) is 0 Å². The smallest absolute Gasteiger partial charge is 0.243 e. The van der Waals surface area contributed by atoms with E-state index in [4.69, 9.17) is 4.74 Å². The number of aryl methyl sites for hydroxylation is 1. The number of nitrogens with one attached hydrogen (secondary N) is 2. The van der Waals surface area contributed by atoms with E-state index in [0.717, 1.165) is 11.3 Å². The molecule has 21 heavy (non-hydrogen) atoms. The van der Waals surface area contributed by atoms with E-state index >= 15 is 0 Å². The first kappa shape index (κ1) is 14.9. The van der Waals surface area contributed by atoms with Crippen LogP contribution in [0.15, 0.2) is 48.5 Å². The van der Waals surface area contributed by atoms with Crippen LogP contribution in [0.5, 0.6) is 5.75 Å². The van der Waals surface area contributed by atoms with E-state index in [9.17, 15) is 4.79 Å². The van der Waals surface area contributed by atoms with Crippen LogP contribution in [0.25, 0.3) is 0 Å². The summed E-state index contributed by atoms with van der Waals surface area (Å²) >= 11 is 0. The molecular weight excluding hydrogens is 264 g/mol. The fraction of sp³-hybridized carbons (Fsp3) is 0.235. The number of anilines is 2. The average Bonchev–Trinajstić information content (AvgIpc) is 2.49. The highest BCUT2D eigenvalue weighted by molar-refractivity contribution is 5.95. The molecule has 0 bridgehead atoms. The summed E-state index contributed by atoms with van der Waals surface area (Å²) in [7, 11) is 0. The van der Waals surface area contributed by atoms with Gasteiger partial charge in [-0.05, 0) is 37.6 Å². The fourth-order valence-electron chi connectivity index (χ4n) is 1.99. The first-order chi connectivity index (χ1) is 10.2. The Bertz CT molecular complexity index is 611. The highest BCUT2D eigenvalue weighted by atomic mass is 16.5. The Morgan fingerprint density at radius 3 is 2.43 bits per heavy atom.